The van der Waals surface area contributed by atoms with Gasteiger partial charge in [0.1, 0.15) is 6.10 Å². The number of hydrogen-bond donors (Lipinski definition) is 3. The van der Waals surface area contributed by atoms with Crippen LogP contribution in [0, 0.1) is 0 Å². The van der Waals surface area contributed by atoms with Crippen molar-refractivity contribution in [3.05, 3.63) is 35.4 Å². The number of benzene rings is 1. The molecule has 0 saturated carbocycles. The molecular weight excluding hydrogens is 274 g/mol. The van der Waals surface area contributed by atoms with Crippen LogP contribution < -0.4 is 5.32 Å². The molecule has 21 heavy (non-hydrogen) atoms. The minimum Gasteiger partial charge on any atom is -0.479 e. The van der Waals surface area contributed by atoms with Crippen LogP contribution in [0.5, 0.6) is 0 Å². The van der Waals surface area contributed by atoms with Gasteiger partial charge in [-0.2, -0.15) is 0 Å². The number of fused-ring (bicyclic) bond motifs is 1. The van der Waals surface area contributed by atoms with Crippen LogP contribution in [0.15, 0.2) is 24.3 Å². The zero-order valence-electron chi connectivity index (χ0n) is 11.4. The van der Waals surface area contributed by atoms with Gasteiger partial charge in [0, 0.05) is 6.42 Å². The molecule has 3 rings (SSSR count). The van der Waals surface area contributed by atoms with Crippen molar-refractivity contribution in [3.63, 3.8) is 0 Å². The summed E-state index contributed by atoms with van der Waals surface area (Å²) in [6.45, 7) is 0. The van der Waals surface area contributed by atoms with Crippen molar-refractivity contribution in [1.82, 2.24) is 5.32 Å². The third-order valence-electron chi connectivity index (χ3n) is 4.09. The molecule has 2 unspecified atom stereocenters. The molecule has 0 bridgehead atoms. The van der Waals surface area contributed by atoms with Gasteiger partial charge in [-0.15, -0.1) is 0 Å². The van der Waals surface area contributed by atoms with Gasteiger partial charge in [-0.1, -0.05) is 24.3 Å². The number of nitrogens with one attached hydrogen (secondary N) is 1. The predicted molar refractivity (Wildman–Crippen MR) is 72.6 cm³/mol. The molecule has 112 valence electrons. The molecule has 4 atom stereocenters. The standard InChI is InChI=1S/C15H17NO5/c17-10-7-8-3-1-2-4-9(8)13(10)16-14(18)11-5-6-12(21-11)15(19)20/h1-4,10-13,17H,5-7H2,(H,16,18)(H,19,20)/t10-,11?,12?,13+/m0/s1. The van der Waals surface area contributed by atoms with Gasteiger partial charge in [-0.05, 0) is 24.0 Å². The van der Waals surface area contributed by atoms with Crippen LogP contribution in [0.3, 0.4) is 0 Å². The normalized spacial score (nSPS) is 30.9. The molecule has 1 heterocycles. The lowest BCUT2D eigenvalue weighted by molar-refractivity contribution is -0.152. The quantitative estimate of drug-likeness (QED) is 0.749. The highest BCUT2D eigenvalue weighted by atomic mass is 16.5. The van der Waals surface area contributed by atoms with Crippen LogP contribution in [-0.2, 0) is 20.7 Å². The smallest absolute Gasteiger partial charge is 0.332 e. The Morgan fingerprint density at radius 1 is 1.19 bits per heavy atom. The van der Waals surface area contributed by atoms with Crippen LogP contribution >= 0.6 is 0 Å². The zero-order chi connectivity index (χ0) is 15.0. The minimum atomic E-state index is -1.04. The maximum atomic E-state index is 12.2. The van der Waals surface area contributed by atoms with Crippen LogP contribution in [0.25, 0.3) is 0 Å². The van der Waals surface area contributed by atoms with E-state index in [0.717, 1.165) is 11.1 Å². The van der Waals surface area contributed by atoms with Crippen LogP contribution in [-0.4, -0.2) is 40.4 Å². The average molecular weight is 291 g/mol. The average Bonchev–Trinajstić information content (AvgIpc) is 3.05. The predicted octanol–water partition coefficient (Wildman–Crippen LogP) is 0.393. The lowest BCUT2D eigenvalue weighted by Crippen LogP contribution is -2.40. The van der Waals surface area contributed by atoms with Crippen molar-refractivity contribution < 1.29 is 24.5 Å². The number of hydrogen-bond acceptors (Lipinski definition) is 4. The van der Waals surface area contributed by atoms with Gasteiger partial charge in [0.15, 0.2) is 6.10 Å². The van der Waals surface area contributed by atoms with E-state index in [1.807, 2.05) is 24.3 Å². The van der Waals surface area contributed by atoms with E-state index in [1.54, 1.807) is 0 Å². The number of aliphatic carboxylic acids is 1. The van der Waals surface area contributed by atoms with Crippen LogP contribution in [0.1, 0.15) is 30.0 Å². The van der Waals surface area contributed by atoms with Crippen LogP contribution in [0.2, 0.25) is 0 Å². The molecule has 0 radical (unpaired) electrons. The molecule has 0 spiro atoms. The van der Waals surface area contributed by atoms with Crippen LogP contribution in [0.4, 0.5) is 0 Å². The first kappa shape index (κ1) is 14.0. The van der Waals surface area contributed by atoms with E-state index >= 15 is 0 Å². The van der Waals surface area contributed by atoms with Gasteiger partial charge in [-0.25, -0.2) is 4.79 Å². The Kier molecular flexibility index (Phi) is 3.65. The van der Waals surface area contributed by atoms with Gasteiger partial charge in [0.25, 0.3) is 0 Å². The molecule has 2 aliphatic rings. The Bertz CT molecular complexity index is 573. The Morgan fingerprint density at radius 2 is 1.90 bits per heavy atom. The summed E-state index contributed by atoms with van der Waals surface area (Å²) >= 11 is 0. The molecule has 1 fully saturated rings. The molecule has 1 saturated heterocycles. The summed E-state index contributed by atoms with van der Waals surface area (Å²) in [5, 5.41) is 21.7. The van der Waals surface area contributed by atoms with E-state index in [2.05, 4.69) is 5.32 Å². The summed E-state index contributed by atoms with van der Waals surface area (Å²) in [5.74, 6) is -1.41. The van der Waals surface area contributed by atoms with Crippen molar-refractivity contribution in [3.8, 4) is 0 Å². The number of amides is 1. The topological polar surface area (TPSA) is 95.9 Å². The van der Waals surface area contributed by atoms with Crippen molar-refractivity contribution in [1.29, 1.82) is 0 Å². The molecule has 1 aliphatic carbocycles. The highest BCUT2D eigenvalue weighted by Gasteiger charge is 2.38. The number of carbonyl (C=O) groups excluding carboxylic acids is 1. The molecule has 1 amide bonds. The van der Waals surface area contributed by atoms with E-state index in [4.69, 9.17) is 9.84 Å². The SMILES string of the molecule is O=C(O)C1CCC(C(=O)N[C@@H]2c3ccccc3C[C@@H]2O)O1. The zero-order valence-corrected chi connectivity index (χ0v) is 11.4. The number of carboxylic acid groups (broad SMARTS) is 1. The van der Waals surface area contributed by atoms with Gasteiger partial charge in [0.05, 0.1) is 12.1 Å². The number of carboxylic acids is 1. The summed E-state index contributed by atoms with van der Waals surface area (Å²) < 4.78 is 5.22. The highest BCUT2D eigenvalue weighted by Crippen LogP contribution is 2.31. The number of aliphatic hydroxyl groups is 1. The van der Waals surface area contributed by atoms with Crippen molar-refractivity contribution in [2.75, 3.05) is 0 Å². The van der Waals surface area contributed by atoms with E-state index in [-0.39, 0.29) is 5.91 Å². The van der Waals surface area contributed by atoms with Gasteiger partial charge in [0.2, 0.25) is 5.91 Å². The van der Waals surface area contributed by atoms with E-state index in [0.29, 0.717) is 19.3 Å². The van der Waals surface area contributed by atoms with Gasteiger partial charge in [-0.3, -0.25) is 4.79 Å². The first-order chi connectivity index (χ1) is 10.1. The third-order valence-corrected chi connectivity index (χ3v) is 4.09. The second-order valence-corrected chi connectivity index (χ2v) is 5.49. The summed E-state index contributed by atoms with van der Waals surface area (Å²) in [6.07, 6.45) is -1.12. The molecule has 1 aliphatic heterocycles. The molecule has 6 nitrogen and oxygen atoms in total. The third kappa shape index (κ3) is 2.64. The maximum Gasteiger partial charge on any atom is 0.332 e. The second-order valence-electron chi connectivity index (χ2n) is 5.49. The molecule has 1 aromatic carbocycles. The highest BCUT2D eigenvalue weighted by molar-refractivity contribution is 5.83. The molecular formula is C15H17NO5. The number of aliphatic hydroxyl groups excluding tert-OH is 1. The van der Waals surface area contributed by atoms with Gasteiger partial charge >= 0.3 is 5.97 Å². The Hall–Kier alpha value is -1.92. The fourth-order valence-electron chi connectivity index (χ4n) is 3.01. The van der Waals surface area contributed by atoms with Crippen molar-refractivity contribution >= 4 is 11.9 Å². The largest absolute Gasteiger partial charge is 0.479 e. The number of ether oxygens (including phenoxy) is 1. The summed E-state index contributed by atoms with van der Waals surface area (Å²) in [5.41, 5.74) is 1.93. The van der Waals surface area contributed by atoms with Crippen molar-refractivity contribution in [2.24, 2.45) is 0 Å². The summed E-state index contributed by atoms with van der Waals surface area (Å²) in [4.78, 5) is 23.0. The maximum absolute atomic E-state index is 12.2. The minimum absolute atomic E-state index is 0.331. The number of rotatable bonds is 3. The number of carbonyl (C=O) groups is 2. The second kappa shape index (κ2) is 5.46. The monoisotopic (exact) mass is 291 g/mol. The lowest BCUT2D eigenvalue weighted by Gasteiger charge is -2.20. The summed E-state index contributed by atoms with van der Waals surface area (Å²) in [7, 11) is 0. The molecule has 6 heteroatoms. The fraction of sp³-hybridized carbons (Fsp3) is 0.467. The van der Waals surface area contributed by atoms with E-state index < -0.39 is 30.3 Å². The van der Waals surface area contributed by atoms with E-state index in [9.17, 15) is 14.7 Å². The molecule has 1 aromatic rings. The first-order valence-electron chi connectivity index (χ1n) is 7.01. The summed E-state index contributed by atoms with van der Waals surface area (Å²) in [6, 6.07) is 7.11. The van der Waals surface area contributed by atoms with Crippen molar-refractivity contribution in [2.45, 2.75) is 43.6 Å². The van der Waals surface area contributed by atoms with Gasteiger partial charge < -0.3 is 20.3 Å². The lowest BCUT2D eigenvalue weighted by atomic mass is 10.1. The molecule has 3 N–H and O–H groups in total. The Morgan fingerprint density at radius 3 is 2.62 bits per heavy atom. The fourth-order valence-corrected chi connectivity index (χ4v) is 3.01. The first-order valence-corrected chi connectivity index (χ1v) is 7.01. The Balaban J connectivity index is 1.67. The Labute approximate surface area is 121 Å². The van der Waals surface area contributed by atoms with E-state index in [1.165, 1.54) is 0 Å². The molecule has 0 aromatic heterocycles.